The van der Waals surface area contributed by atoms with Gasteiger partial charge in [-0.15, -0.1) is 6.58 Å². The van der Waals surface area contributed by atoms with Crippen LogP contribution >= 0.6 is 0 Å². The predicted octanol–water partition coefficient (Wildman–Crippen LogP) is 20.7. The van der Waals surface area contributed by atoms with E-state index in [-0.39, 0.29) is 0 Å². The van der Waals surface area contributed by atoms with Crippen LogP contribution in [0.25, 0.3) is 0 Å². The van der Waals surface area contributed by atoms with E-state index >= 15 is 0 Å². The van der Waals surface area contributed by atoms with E-state index in [0.717, 1.165) is 62.8 Å². The monoisotopic (exact) mass is 957 g/mol. The van der Waals surface area contributed by atoms with Gasteiger partial charge in [-0.3, -0.25) is 4.79 Å². The molecule has 0 aliphatic heterocycles. The summed E-state index contributed by atoms with van der Waals surface area (Å²) in [5.74, 6) is 2.94. The molecule has 1 rings (SSSR count). The van der Waals surface area contributed by atoms with Crippen LogP contribution in [0.15, 0.2) is 12.7 Å². The summed E-state index contributed by atoms with van der Waals surface area (Å²) in [6, 6.07) is 0.762. The first-order valence-electron chi connectivity index (χ1n) is 31.3. The average molecular weight is 958 g/mol. The zero-order valence-electron chi connectivity index (χ0n) is 48.1. The number of hydrogen-bond acceptors (Lipinski definition) is 4. The van der Waals surface area contributed by atoms with Crippen molar-refractivity contribution >= 4 is 12.1 Å². The van der Waals surface area contributed by atoms with Crippen LogP contribution in [0, 0.1) is 17.8 Å². The molecule has 0 spiro atoms. The number of unbranched alkanes of at least 4 members (excludes halogenated alkanes) is 25. The molecule has 1 saturated carbocycles. The number of aldehydes is 1. The van der Waals surface area contributed by atoms with E-state index in [1.54, 1.807) is 0 Å². The Kier molecular flexibility index (Phi) is 59.5. The largest absolute Gasteiger partial charge is 0.320 e. The fourth-order valence-electron chi connectivity index (χ4n) is 10.8. The molecular weight excluding hydrogens is 829 g/mol. The minimum absolute atomic E-state index is 0.536. The SMILES string of the molecule is C=CCCCCCCC.CCCCCCCC(CC=O)CC1CCCCC1.CCCCCCCCCC(CCCCCCCCC(=O)CCC(CCCCC)CCCCCC)N(C)CCCNC. The molecule has 1 aliphatic rings. The second kappa shape index (κ2) is 58.6. The fraction of sp³-hybridized carbons (Fsp3) is 0.938. The topological polar surface area (TPSA) is 49.4 Å². The second-order valence-electron chi connectivity index (χ2n) is 22.2. The van der Waals surface area contributed by atoms with E-state index in [1.165, 1.54) is 276 Å². The van der Waals surface area contributed by atoms with Gasteiger partial charge in [0.15, 0.2) is 0 Å². The summed E-state index contributed by atoms with van der Waals surface area (Å²) in [5, 5.41) is 3.31. The molecule has 0 radical (unpaired) electrons. The van der Waals surface area contributed by atoms with Crippen molar-refractivity contribution in [2.75, 3.05) is 27.2 Å². The van der Waals surface area contributed by atoms with E-state index in [0.29, 0.717) is 11.7 Å². The first kappa shape index (κ1) is 69.1. The molecule has 0 amide bonds. The van der Waals surface area contributed by atoms with E-state index < -0.39 is 0 Å². The average Bonchev–Trinajstić information content (AvgIpc) is 3.35. The van der Waals surface area contributed by atoms with Gasteiger partial charge in [-0.2, -0.15) is 0 Å². The second-order valence-corrected chi connectivity index (χ2v) is 22.2. The number of carbonyl (C=O) groups is 2. The number of Topliss-reactive ketones (excluding diaryl/α,β-unsaturated/α-hetero) is 1. The van der Waals surface area contributed by atoms with Crippen LogP contribution in [0.1, 0.15) is 336 Å². The van der Waals surface area contributed by atoms with Gasteiger partial charge in [0.25, 0.3) is 0 Å². The summed E-state index contributed by atoms with van der Waals surface area (Å²) in [4.78, 5) is 26.0. The summed E-state index contributed by atoms with van der Waals surface area (Å²) in [7, 11) is 4.42. The minimum Gasteiger partial charge on any atom is -0.320 e. The molecule has 1 N–H and O–H groups in total. The lowest BCUT2D eigenvalue weighted by atomic mass is 9.80. The third-order valence-corrected chi connectivity index (χ3v) is 15.5. The van der Waals surface area contributed by atoms with Gasteiger partial charge in [-0.25, -0.2) is 0 Å². The molecule has 3 unspecified atom stereocenters. The lowest BCUT2D eigenvalue weighted by molar-refractivity contribution is -0.119. The highest BCUT2D eigenvalue weighted by molar-refractivity contribution is 5.78. The molecule has 0 heterocycles. The lowest BCUT2D eigenvalue weighted by Crippen LogP contribution is -2.33. The molecule has 1 fully saturated rings. The standard InChI is InChI=1S/C38H78N2O.C17H32O.C9H18/c1-6-9-12-14-15-18-23-29-37(40(5)35-26-34-39-4)30-24-19-16-17-20-25-31-38(41)33-32-36(27-21-11-8-3)28-22-13-10-7-2;1-2-3-4-5-7-12-17(13-14-18)15-16-10-8-6-9-11-16;1-3-5-7-9-8-6-4-2/h36-37,39H,6-35H2,1-5H3;14,16-17H,2-13,15H2,1H3;3H,1,4-9H2,2H3. The number of nitrogens with one attached hydrogen (secondary N) is 1. The Bertz CT molecular complexity index is 977. The summed E-state index contributed by atoms with van der Waals surface area (Å²) >= 11 is 0. The van der Waals surface area contributed by atoms with Crippen molar-refractivity contribution in [1.82, 2.24) is 10.2 Å². The van der Waals surface area contributed by atoms with Gasteiger partial charge >= 0.3 is 0 Å². The molecule has 3 atom stereocenters. The Morgan fingerprint density at radius 1 is 0.529 bits per heavy atom. The molecule has 0 saturated heterocycles. The van der Waals surface area contributed by atoms with Crippen molar-refractivity contribution in [2.24, 2.45) is 17.8 Å². The third-order valence-electron chi connectivity index (χ3n) is 15.5. The van der Waals surface area contributed by atoms with E-state index in [1.807, 2.05) is 6.08 Å². The van der Waals surface area contributed by atoms with Crippen LogP contribution in [0.4, 0.5) is 0 Å². The van der Waals surface area contributed by atoms with Crippen molar-refractivity contribution < 1.29 is 9.59 Å². The number of rotatable bonds is 50. The summed E-state index contributed by atoms with van der Waals surface area (Å²) in [5.41, 5.74) is 0. The van der Waals surface area contributed by atoms with E-state index in [9.17, 15) is 9.59 Å². The smallest absolute Gasteiger partial charge is 0.132 e. The maximum absolute atomic E-state index is 12.6. The quantitative estimate of drug-likeness (QED) is 0.0375. The maximum atomic E-state index is 12.6. The molecule has 0 aromatic rings. The predicted molar refractivity (Wildman–Crippen MR) is 307 cm³/mol. The first-order valence-corrected chi connectivity index (χ1v) is 31.3. The Hall–Kier alpha value is -1.00. The van der Waals surface area contributed by atoms with E-state index in [4.69, 9.17) is 0 Å². The number of carbonyl (C=O) groups excluding carboxylic acids is 2. The van der Waals surface area contributed by atoms with E-state index in [2.05, 4.69) is 65.5 Å². The van der Waals surface area contributed by atoms with Gasteiger partial charge in [-0.1, -0.05) is 272 Å². The normalized spacial score (nSPS) is 14.2. The van der Waals surface area contributed by atoms with Gasteiger partial charge in [0.05, 0.1) is 0 Å². The Labute approximate surface area is 430 Å². The molecule has 68 heavy (non-hydrogen) atoms. The summed E-state index contributed by atoms with van der Waals surface area (Å²) in [6.07, 6.45) is 65.1. The number of hydrogen-bond donors (Lipinski definition) is 1. The molecule has 0 aromatic heterocycles. The van der Waals surface area contributed by atoms with Crippen LogP contribution in [0.5, 0.6) is 0 Å². The zero-order chi connectivity index (χ0) is 50.2. The van der Waals surface area contributed by atoms with Gasteiger partial charge in [0.2, 0.25) is 0 Å². The van der Waals surface area contributed by atoms with Gasteiger partial charge in [0, 0.05) is 25.3 Å². The molecule has 0 aromatic carbocycles. The molecule has 4 nitrogen and oxygen atoms in total. The maximum Gasteiger partial charge on any atom is 0.132 e. The molecule has 1 aliphatic carbocycles. The highest BCUT2D eigenvalue weighted by atomic mass is 16.1. The van der Waals surface area contributed by atoms with Crippen LogP contribution in [0.3, 0.4) is 0 Å². The molecule has 0 bridgehead atoms. The summed E-state index contributed by atoms with van der Waals surface area (Å²) in [6.45, 7) is 17.4. The molecule has 4 heteroatoms. The van der Waals surface area contributed by atoms with Gasteiger partial charge in [-0.05, 0) is 96.3 Å². The minimum atomic E-state index is 0.536. The van der Waals surface area contributed by atoms with Crippen molar-refractivity contribution in [3.63, 3.8) is 0 Å². The van der Waals surface area contributed by atoms with Crippen LogP contribution < -0.4 is 5.32 Å². The Morgan fingerprint density at radius 3 is 1.46 bits per heavy atom. The van der Waals surface area contributed by atoms with Crippen LogP contribution in [0.2, 0.25) is 0 Å². The fourth-order valence-corrected chi connectivity index (χ4v) is 10.8. The van der Waals surface area contributed by atoms with Crippen molar-refractivity contribution in [3.05, 3.63) is 12.7 Å². The zero-order valence-corrected chi connectivity index (χ0v) is 48.1. The van der Waals surface area contributed by atoms with Crippen LogP contribution in [-0.4, -0.2) is 50.2 Å². The third kappa shape index (κ3) is 51.4. The lowest BCUT2D eigenvalue weighted by Gasteiger charge is -2.28. The molecular formula is C64H128N2O2. The van der Waals surface area contributed by atoms with Gasteiger partial charge < -0.3 is 15.0 Å². The van der Waals surface area contributed by atoms with Crippen molar-refractivity contribution in [3.8, 4) is 0 Å². The number of ketones is 1. The highest BCUT2D eigenvalue weighted by Crippen LogP contribution is 2.32. The van der Waals surface area contributed by atoms with Crippen LogP contribution in [-0.2, 0) is 9.59 Å². The Morgan fingerprint density at radius 2 is 0.956 bits per heavy atom. The number of nitrogens with zero attached hydrogens (tertiary/aromatic N) is 1. The highest BCUT2D eigenvalue weighted by Gasteiger charge is 2.19. The van der Waals surface area contributed by atoms with Crippen molar-refractivity contribution in [1.29, 1.82) is 0 Å². The van der Waals surface area contributed by atoms with Gasteiger partial charge in [0.1, 0.15) is 12.1 Å². The summed E-state index contributed by atoms with van der Waals surface area (Å²) < 4.78 is 0. The molecule has 406 valence electrons. The Balaban J connectivity index is 0. The van der Waals surface area contributed by atoms with Crippen molar-refractivity contribution in [2.45, 2.75) is 342 Å². The number of allylic oxidation sites excluding steroid dienone is 1. The first-order chi connectivity index (χ1) is 33.4.